The zero-order chi connectivity index (χ0) is 9.84. The molecule has 4 heteroatoms. The maximum absolute atomic E-state index is 12.7. The molecule has 0 N–H and O–H groups in total. The van der Waals surface area contributed by atoms with Crippen LogP contribution < -0.4 is 5.12 Å². The van der Waals surface area contributed by atoms with Crippen molar-refractivity contribution in [2.75, 3.05) is 19.3 Å². The van der Waals surface area contributed by atoms with E-state index in [1.54, 1.807) is 18.2 Å². The predicted octanol–water partition coefficient (Wildman–Crippen LogP) is 1.79. The molecule has 13 heavy (non-hydrogen) atoms. The van der Waals surface area contributed by atoms with Gasteiger partial charge < -0.3 is 4.74 Å². The molecule has 0 saturated carbocycles. The first-order valence-electron chi connectivity index (χ1n) is 3.73. The number of halogens is 1. The summed E-state index contributed by atoms with van der Waals surface area (Å²) in [5.74, 6) is -0.469. The number of nitrogens with zero attached hydrogens (tertiary/aromatic N) is 1. The summed E-state index contributed by atoms with van der Waals surface area (Å²) in [7, 11) is 2.55. The van der Waals surface area contributed by atoms with Crippen LogP contribution in [0.4, 0.5) is 10.2 Å². The molecule has 1 rings (SSSR count). The van der Waals surface area contributed by atoms with Gasteiger partial charge in [-0.05, 0) is 18.2 Å². The highest BCUT2D eigenvalue weighted by Crippen LogP contribution is 2.15. The molecule has 0 heterocycles. The average molecular weight is 183 g/mol. The third-order valence-electron chi connectivity index (χ3n) is 1.62. The van der Waals surface area contributed by atoms with Crippen molar-refractivity contribution in [3.8, 4) is 0 Å². The van der Waals surface area contributed by atoms with Crippen LogP contribution in [0.15, 0.2) is 24.3 Å². The predicted molar refractivity (Wildman–Crippen MR) is 47.3 cm³/mol. The molecular formula is C9H10FNO2. The summed E-state index contributed by atoms with van der Waals surface area (Å²) in [4.78, 5) is 11.0. The van der Waals surface area contributed by atoms with Crippen molar-refractivity contribution in [3.05, 3.63) is 29.8 Å². The average Bonchev–Trinajstić information content (AvgIpc) is 2.17. The lowest BCUT2D eigenvalue weighted by Crippen LogP contribution is -2.05. The van der Waals surface area contributed by atoms with E-state index in [-0.39, 0.29) is 0 Å². The van der Waals surface area contributed by atoms with Crippen molar-refractivity contribution >= 4 is 11.7 Å². The zero-order valence-corrected chi connectivity index (χ0v) is 7.45. The summed E-state index contributed by atoms with van der Waals surface area (Å²) >= 11 is 0. The van der Waals surface area contributed by atoms with Crippen LogP contribution in [-0.2, 0) is 4.74 Å². The first-order valence-corrected chi connectivity index (χ1v) is 3.73. The number of anilines is 1. The number of methoxy groups -OCH3 is 1. The number of hydrogen-bond acceptors (Lipinski definition) is 3. The van der Waals surface area contributed by atoms with E-state index in [1.165, 1.54) is 20.2 Å². The van der Waals surface area contributed by atoms with E-state index in [1.807, 2.05) is 0 Å². The fourth-order valence-corrected chi connectivity index (χ4v) is 0.942. The van der Waals surface area contributed by atoms with E-state index < -0.39 is 5.97 Å². The van der Waals surface area contributed by atoms with Crippen LogP contribution in [0.5, 0.6) is 0 Å². The Labute approximate surface area is 75.7 Å². The number of ether oxygens (including phenoxy) is 1. The summed E-state index contributed by atoms with van der Waals surface area (Å²) in [6.07, 6.45) is 0. The molecule has 70 valence electrons. The molecule has 3 nitrogen and oxygen atoms in total. The molecule has 0 radical (unpaired) electrons. The second-order valence-electron chi connectivity index (χ2n) is 2.52. The second kappa shape index (κ2) is 3.89. The van der Waals surface area contributed by atoms with Crippen LogP contribution in [0.1, 0.15) is 10.4 Å². The van der Waals surface area contributed by atoms with Crippen molar-refractivity contribution in [1.29, 1.82) is 0 Å². The van der Waals surface area contributed by atoms with Crippen molar-refractivity contribution < 1.29 is 14.0 Å². The van der Waals surface area contributed by atoms with Crippen molar-refractivity contribution in [2.24, 2.45) is 0 Å². The number of carbonyl (C=O) groups excluding carboxylic acids is 1. The molecule has 0 atom stereocenters. The van der Waals surface area contributed by atoms with Crippen molar-refractivity contribution in [2.45, 2.75) is 0 Å². The summed E-state index contributed by atoms with van der Waals surface area (Å²) in [6, 6.07) is 6.15. The zero-order valence-electron chi connectivity index (χ0n) is 7.45. The van der Waals surface area contributed by atoms with Gasteiger partial charge in [-0.2, -0.15) is 0 Å². The topological polar surface area (TPSA) is 29.5 Å². The van der Waals surface area contributed by atoms with Gasteiger partial charge in [0.2, 0.25) is 0 Å². The second-order valence-corrected chi connectivity index (χ2v) is 2.52. The van der Waals surface area contributed by atoms with E-state index in [0.29, 0.717) is 16.4 Å². The molecule has 1 aromatic carbocycles. The van der Waals surface area contributed by atoms with Gasteiger partial charge in [-0.25, -0.2) is 9.92 Å². The van der Waals surface area contributed by atoms with Gasteiger partial charge in [-0.3, -0.25) is 0 Å². The quantitative estimate of drug-likeness (QED) is 0.517. The van der Waals surface area contributed by atoms with Crippen LogP contribution in [0.25, 0.3) is 0 Å². The lowest BCUT2D eigenvalue weighted by atomic mass is 10.2. The van der Waals surface area contributed by atoms with Crippen molar-refractivity contribution in [3.63, 3.8) is 0 Å². The van der Waals surface area contributed by atoms with Crippen LogP contribution >= 0.6 is 0 Å². The maximum Gasteiger partial charge on any atom is 0.337 e. The van der Waals surface area contributed by atoms with Gasteiger partial charge >= 0.3 is 5.97 Å². The lowest BCUT2D eigenvalue weighted by molar-refractivity contribution is 0.0601. The van der Waals surface area contributed by atoms with E-state index in [2.05, 4.69) is 4.74 Å². The van der Waals surface area contributed by atoms with Gasteiger partial charge in [-0.1, -0.05) is 6.07 Å². The highest BCUT2D eigenvalue weighted by molar-refractivity contribution is 5.90. The molecule has 0 saturated heterocycles. The number of esters is 1. The van der Waals surface area contributed by atoms with Crippen molar-refractivity contribution in [1.82, 2.24) is 0 Å². The number of rotatable bonds is 2. The Balaban J connectivity index is 2.98. The third-order valence-corrected chi connectivity index (χ3v) is 1.62. The van der Waals surface area contributed by atoms with E-state index in [0.717, 1.165) is 0 Å². The monoisotopic (exact) mass is 183 g/mol. The van der Waals surface area contributed by atoms with E-state index in [9.17, 15) is 9.28 Å². The molecule has 0 unspecified atom stereocenters. The molecule has 0 amide bonds. The Bertz CT molecular complexity index is 312. The Kier molecular flexibility index (Phi) is 2.84. The lowest BCUT2D eigenvalue weighted by Gasteiger charge is -2.07. The van der Waals surface area contributed by atoms with Gasteiger partial charge in [0.1, 0.15) is 0 Å². The minimum atomic E-state index is -0.469. The van der Waals surface area contributed by atoms with Gasteiger partial charge in [0.05, 0.1) is 18.4 Å². The maximum atomic E-state index is 12.7. The van der Waals surface area contributed by atoms with Gasteiger partial charge in [-0.15, -0.1) is 4.48 Å². The Morgan fingerprint density at radius 2 is 2.23 bits per heavy atom. The number of hydrogen-bond donors (Lipinski definition) is 0. The van der Waals surface area contributed by atoms with Gasteiger partial charge in [0, 0.05) is 7.05 Å². The number of benzene rings is 1. The standard InChI is InChI=1S/C9H10FNO2/c1-11(10)8-5-3-4-7(6-8)9(12)13-2/h3-6H,1-2H3. The minimum absolute atomic E-state index is 0.322. The molecule has 1 aromatic rings. The van der Waals surface area contributed by atoms with Crippen LogP contribution in [0.3, 0.4) is 0 Å². The summed E-state index contributed by atoms with van der Waals surface area (Å²) in [6.45, 7) is 0. The summed E-state index contributed by atoms with van der Waals surface area (Å²) in [5, 5.41) is 0.437. The summed E-state index contributed by atoms with van der Waals surface area (Å²) < 4.78 is 17.2. The Hall–Kier alpha value is -1.58. The Morgan fingerprint density at radius 3 is 2.77 bits per heavy atom. The minimum Gasteiger partial charge on any atom is -0.465 e. The van der Waals surface area contributed by atoms with Crippen LogP contribution in [0, 0.1) is 0 Å². The molecule has 0 aliphatic heterocycles. The molecule has 0 spiro atoms. The highest BCUT2D eigenvalue weighted by Gasteiger charge is 2.06. The normalized spacial score (nSPS) is 9.46. The first kappa shape index (κ1) is 9.51. The van der Waals surface area contributed by atoms with E-state index in [4.69, 9.17) is 0 Å². The molecule has 0 aromatic heterocycles. The molecule has 0 aliphatic carbocycles. The van der Waals surface area contributed by atoms with E-state index >= 15 is 0 Å². The fourth-order valence-electron chi connectivity index (χ4n) is 0.942. The fraction of sp³-hybridized carbons (Fsp3) is 0.222. The molecule has 0 fully saturated rings. The summed E-state index contributed by atoms with van der Waals surface area (Å²) in [5.41, 5.74) is 0.660. The van der Waals surface area contributed by atoms with Crippen LogP contribution in [0.2, 0.25) is 0 Å². The Morgan fingerprint density at radius 1 is 1.54 bits per heavy atom. The molecule has 0 aliphatic rings. The highest BCUT2D eigenvalue weighted by atomic mass is 19.2. The number of carbonyl (C=O) groups is 1. The van der Waals surface area contributed by atoms with Gasteiger partial charge in [0.15, 0.2) is 0 Å². The third kappa shape index (κ3) is 2.18. The largest absolute Gasteiger partial charge is 0.465 e. The van der Waals surface area contributed by atoms with Gasteiger partial charge in [0.25, 0.3) is 0 Å². The smallest absolute Gasteiger partial charge is 0.337 e. The molecule has 0 bridgehead atoms. The van der Waals surface area contributed by atoms with Crippen LogP contribution in [-0.4, -0.2) is 20.1 Å². The SMILES string of the molecule is COC(=O)c1cccc(N(C)F)c1. The first-order chi connectivity index (χ1) is 6.15. The molecular weight excluding hydrogens is 173 g/mol.